The van der Waals surface area contributed by atoms with Gasteiger partial charge in [0, 0.05) is 49.6 Å². The lowest BCUT2D eigenvalue weighted by Crippen LogP contribution is -2.16. The maximum Gasteiger partial charge on any atom is 0.144 e. The summed E-state index contributed by atoms with van der Waals surface area (Å²) in [5.41, 5.74) is 16.5. The fourth-order valence-corrected chi connectivity index (χ4v) is 8.82. The predicted octanol–water partition coefficient (Wildman–Crippen LogP) is 14.6. The molecule has 1 aliphatic rings. The van der Waals surface area contributed by atoms with E-state index >= 15 is 0 Å². The molecule has 54 heavy (non-hydrogen) atoms. The van der Waals surface area contributed by atoms with Crippen LogP contribution >= 0.6 is 0 Å². The highest BCUT2D eigenvalue weighted by Crippen LogP contribution is 2.51. The molecule has 0 unspecified atom stereocenters. The van der Waals surface area contributed by atoms with E-state index in [1.165, 1.54) is 33.4 Å². The van der Waals surface area contributed by atoms with Gasteiger partial charge in [-0.2, -0.15) is 0 Å². The molecule has 0 spiro atoms. The van der Waals surface area contributed by atoms with Crippen molar-refractivity contribution in [1.82, 2.24) is 0 Å². The van der Waals surface area contributed by atoms with E-state index in [-0.39, 0.29) is 5.41 Å². The second-order valence-electron chi connectivity index (χ2n) is 14.9. The van der Waals surface area contributed by atoms with Gasteiger partial charge in [-0.15, -0.1) is 0 Å². The summed E-state index contributed by atoms with van der Waals surface area (Å²) in [6, 6.07) is 62.9. The minimum Gasteiger partial charge on any atom is -0.456 e. The highest BCUT2D eigenvalue weighted by Gasteiger charge is 2.35. The van der Waals surface area contributed by atoms with E-state index in [0.29, 0.717) is 0 Å². The third-order valence-corrected chi connectivity index (χ3v) is 11.5. The van der Waals surface area contributed by atoms with Gasteiger partial charge in [0.05, 0.1) is 0 Å². The van der Waals surface area contributed by atoms with Crippen molar-refractivity contribution in [3.63, 3.8) is 0 Å². The van der Waals surface area contributed by atoms with Crippen LogP contribution in [-0.2, 0) is 5.41 Å². The minimum atomic E-state index is -0.109. The highest BCUT2D eigenvalue weighted by atomic mass is 16.3. The van der Waals surface area contributed by atoms with Gasteiger partial charge in [-0.05, 0) is 93.5 Å². The number of nitrogens with zero attached hydrogens (tertiary/aromatic N) is 1. The lowest BCUT2D eigenvalue weighted by atomic mass is 9.82. The number of hydrogen-bond donors (Lipinski definition) is 0. The summed E-state index contributed by atoms with van der Waals surface area (Å²) in [4.78, 5) is 2.37. The van der Waals surface area contributed by atoms with Crippen LogP contribution in [0, 0.1) is 0 Å². The fraction of sp³-hybridized carbons (Fsp3) is 0.0588. The normalized spacial score (nSPS) is 13.1. The van der Waals surface area contributed by atoms with Gasteiger partial charge in [-0.1, -0.05) is 135 Å². The summed E-state index contributed by atoms with van der Waals surface area (Å²) in [6.07, 6.45) is 0. The number of benzene rings is 8. The molecule has 0 radical (unpaired) electrons. The van der Waals surface area contributed by atoms with Gasteiger partial charge in [0.1, 0.15) is 22.3 Å². The van der Waals surface area contributed by atoms with Gasteiger partial charge in [0.25, 0.3) is 0 Å². The first-order chi connectivity index (χ1) is 26.5. The summed E-state index contributed by atoms with van der Waals surface area (Å²) in [5, 5.41) is 4.38. The Hall–Kier alpha value is -6.84. The van der Waals surface area contributed by atoms with Crippen LogP contribution in [0.3, 0.4) is 0 Å². The Morgan fingerprint density at radius 2 is 0.944 bits per heavy atom. The molecule has 8 aromatic carbocycles. The van der Waals surface area contributed by atoms with Gasteiger partial charge in [-0.3, -0.25) is 0 Å². The SMILES string of the molecule is CC1(C)c2ccccc2-c2ccc(N(c3ccc(-c4ccccc4)cc3)c3ccc(-c4cc5oc6ccccc6c5c5c4oc4ccccc45)cc3)cc21. The maximum absolute atomic E-state index is 6.67. The van der Waals surface area contributed by atoms with Gasteiger partial charge in [0.2, 0.25) is 0 Å². The standard InChI is InChI=1S/C51H35NO2/c1-51(2)43-17-9-6-14-38(43)39-29-28-37(30-44(39)51)52(35-24-20-33(21-25-35)32-12-4-3-5-13-32)36-26-22-34(23-27-36)42-31-47-48(40-15-7-10-18-45(40)53-47)49-41-16-8-11-19-46(41)54-50(42)49/h3-31H,1-2H3. The van der Waals surface area contributed by atoms with Gasteiger partial charge >= 0.3 is 0 Å². The van der Waals surface area contributed by atoms with E-state index in [1.54, 1.807) is 0 Å². The molecule has 0 atom stereocenters. The molecule has 2 aromatic heterocycles. The van der Waals surface area contributed by atoms with Crippen LogP contribution in [0.15, 0.2) is 185 Å². The molecular formula is C51H35NO2. The molecule has 0 amide bonds. The molecule has 10 aromatic rings. The first-order valence-electron chi connectivity index (χ1n) is 18.6. The maximum atomic E-state index is 6.67. The van der Waals surface area contributed by atoms with Crippen LogP contribution in [-0.4, -0.2) is 0 Å². The molecule has 2 heterocycles. The predicted molar refractivity (Wildman–Crippen MR) is 224 cm³/mol. The number of anilines is 3. The Kier molecular flexibility index (Phi) is 6.60. The third-order valence-electron chi connectivity index (χ3n) is 11.5. The van der Waals surface area contributed by atoms with Crippen LogP contribution in [0.5, 0.6) is 0 Å². The second-order valence-corrected chi connectivity index (χ2v) is 14.9. The molecule has 0 saturated carbocycles. The monoisotopic (exact) mass is 693 g/mol. The molecular weight excluding hydrogens is 659 g/mol. The molecule has 0 saturated heterocycles. The fourth-order valence-electron chi connectivity index (χ4n) is 8.82. The zero-order valence-corrected chi connectivity index (χ0v) is 30.0. The van der Waals surface area contributed by atoms with Gasteiger partial charge in [0.15, 0.2) is 0 Å². The van der Waals surface area contributed by atoms with E-state index in [2.05, 4.69) is 170 Å². The lowest BCUT2D eigenvalue weighted by molar-refractivity contribution is 0.660. The van der Waals surface area contributed by atoms with Crippen molar-refractivity contribution in [2.45, 2.75) is 19.3 Å². The van der Waals surface area contributed by atoms with E-state index in [9.17, 15) is 0 Å². The Balaban J connectivity index is 1.07. The Morgan fingerprint density at radius 1 is 0.389 bits per heavy atom. The third kappa shape index (κ3) is 4.55. The molecule has 1 aliphatic carbocycles. The number of para-hydroxylation sites is 2. The Bertz CT molecular complexity index is 3060. The van der Waals surface area contributed by atoms with Crippen LogP contribution in [0.2, 0.25) is 0 Å². The first-order valence-corrected chi connectivity index (χ1v) is 18.6. The summed E-state index contributed by atoms with van der Waals surface area (Å²) < 4.78 is 13.2. The molecule has 256 valence electrons. The molecule has 0 fully saturated rings. The summed E-state index contributed by atoms with van der Waals surface area (Å²) in [5.74, 6) is 0. The summed E-state index contributed by atoms with van der Waals surface area (Å²) >= 11 is 0. The van der Waals surface area contributed by atoms with Crippen molar-refractivity contribution in [3.8, 4) is 33.4 Å². The molecule has 11 rings (SSSR count). The van der Waals surface area contributed by atoms with E-state index in [4.69, 9.17) is 8.83 Å². The number of furan rings is 2. The lowest BCUT2D eigenvalue weighted by Gasteiger charge is -2.28. The van der Waals surface area contributed by atoms with Crippen LogP contribution < -0.4 is 4.90 Å². The Labute approximate surface area is 313 Å². The largest absolute Gasteiger partial charge is 0.456 e. The second kappa shape index (κ2) is 11.6. The quantitative estimate of drug-likeness (QED) is 0.180. The van der Waals surface area contributed by atoms with E-state index in [0.717, 1.165) is 72.1 Å². The van der Waals surface area contributed by atoms with E-state index < -0.39 is 0 Å². The molecule has 0 N–H and O–H groups in total. The minimum absolute atomic E-state index is 0.109. The van der Waals surface area contributed by atoms with Gasteiger partial charge in [-0.25, -0.2) is 0 Å². The van der Waals surface area contributed by atoms with Crippen LogP contribution in [0.25, 0.3) is 77.3 Å². The molecule has 3 heteroatoms. The first kappa shape index (κ1) is 30.8. The topological polar surface area (TPSA) is 29.5 Å². The molecule has 3 nitrogen and oxygen atoms in total. The van der Waals surface area contributed by atoms with Crippen molar-refractivity contribution < 1.29 is 8.83 Å². The smallest absolute Gasteiger partial charge is 0.144 e. The number of fused-ring (bicyclic) bond motifs is 10. The molecule has 0 aliphatic heterocycles. The van der Waals surface area contributed by atoms with Gasteiger partial charge < -0.3 is 13.7 Å². The zero-order valence-electron chi connectivity index (χ0n) is 30.0. The van der Waals surface area contributed by atoms with Crippen molar-refractivity contribution >= 4 is 60.9 Å². The van der Waals surface area contributed by atoms with Crippen LogP contribution in [0.4, 0.5) is 17.1 Å². The molecule has 0 bridgehead atoms. The van der Waals surface area contributed by atoms with Crippen molar-refractivity contribution in [2.75, 3.05) is 4.90 Å². The zero-order chi connectivity index (χ0) is 36.0. The average molecular weight is 694 g/mol. The van der Waals surface area contributed by atoms with Crippen molar-refractivity contribution in [1.29, 1.82) is 0 Å². The summed E-state index contributed by atoms with van der Waals surface area (Å²) in [7, 11) is 0. The summed E-state index contributed by atoms with van der Waals surface area (Å²) in [6.45, 7) is 4.68. The van der Waals surface area contributed by atoms with E-state index in [1.807, 2.05) is 24.3 Å². The number of rotatable bonds is 5. The average Bonchev–Trinajstić information content (AvgIpc) is 3.86. The Morgan fingerprint density at radius 3 is 1.69 bits per heavy atom. The van der Waals surface area contributed by atoms with Crippen molar-refractivity contribution in [3.05, 3.63) is 187 Å². The number of hydrogen-bond acceptors (Lipinski definition) is 3. The van der Waals surface area contributed by atoms with Crippen LogP contribution in [0.1, 0.15) is 25.0 Å². The van der Waals surface area contributed by atoms with Crippen molar-refractivity contribution in [2.24, 2.45) is 0 Å². The highest BCUT2D eigenvalue weighted by molar-refractivity contribution is 6.28.